The summed E-state index contributed by atoms with van der Waals surface area (Å²) in [7, 11) is 2.75. The highest BCUT2D eigenvalue weighted by Crippen LogP contribution is 2.55. The van der Waals surface area contributed by atoms with E-state index in [0.29, 0.717) is 17.3 Å². The molecule has 1 saturated heterocycles. The molecule has 0 unspecified atom stereocenters. The number of carbonyl (C=O) groups is 2. The second kappa shape index (κ2) is 10.3. The fourth-order valence-corrected chi connectivity index (χ4v) is 6.61. The second-order valence-electron chi connectivity index (χ2n) is 11.7. The average molecular weight is 546 g/mol. The van der Waals surface area contributed by atoms with Crippen LogP contribution in [0.2, 0.25) is 0 Å². The molecule has 1 aromatic rings. The first-order chi connectivity index (χ1) is 18.5. The fraction of sp³-hybridized carbons (Fsp3) is 0.655. The van der Waals surface area contributed by atoms with Crippen molar-refractivity contribution in [2.24, 2.45) is 0 Å². The third-order valence-corrected chi connectivity index (χ3v) is 8.62. The van der Waals surface area contributed by atoms with Crippen LogP contribution in [0.1, 0.15) is 69.4 Å². The Labute approximate surface area is 228 Å². The van der Waals surface area contributed by atoms with Crippen LogP contribution < -0.4 is 9.47 Å². The summed E-state index contributed by atoms with van der Waals surface area (Å²) in [4.78, 5) is 28.4. The number of nitrogens with zero attached hydrogens (tertiary/aromatic N) is 1. The zero-order chi connectivity index (χ0) is 28.0. The highest BCUT2D eigenvalue weighted by atomic mass is 16.7. The van der Waals surface area contributed by atoms with Crippen molar-refractivity contribution in [2.75, 3.05) is 34.1 Å². The third kappa shape index (κ3) is 5.10. The van der Waals surface area contributed by atoms with E-state index in [-0.39, 0.29) is 25.6 Å². The average Bonchev–Trinajstić information content (AvgIpc) is 3.58. The van der Waals surface area contributed by atoms with E-state index in [1.165, 1.54) is 7.11 Å². The molecule has 1 fully saturated rings. The first-order valence-electron chi connectivity index (χ1n) is 13.7. The molecule has 1 aliphatic carbocycles. The van der Waals surface area contributed by atoms with Gasteiger partial charge < -0.3 is 33.9 Å². The van der Waals surface area contributed by atoms with Crippen molar-refractivity contribution in [1.29, 1.82) is 0 Å². The van der Waals surface area contributed by atoms with E-state index in [1.807, 2.05) is 12.1 Å². The number of aryl methyl sites for hydroxylation is 1. The molecule has 1 spiro atoms. The summed E-state index contributed by atoms with van der Waals surface area (Å²) in [5, 5.41) is 21.8. The van der Waals surface area contributed by atoms with Crippen LogP contribution in [0, 0.1) is 0 Å². The number of carbonyl (C=O) groups excluding carboxylic acids is 2. The lowest BCUT2D eigenvalue weighted by Gasteiger charge is -2.43. The van der Waals surface area contributed by atoms with Crippen LogP contribution in [0.25, 0.3) is 0 Å². The molecule has 0 amide bonds. The number of hydrogen-bond donors (Lipinski definition) is 2. The van der Waals surface area contributed by atoms with Crippen LogP contribution in [-0.2, 0) is 30.2 Å². The van der Waals surface area contributed by atoms with E-state index in [1.54, 1.807) is 21.0 Å². The number of rotatable bonds is 8. The number of methoxy groups -OCH3 is 2. The quantitative estimate of drug-likeness (QED) is 0.471. The molecule has 0 aromatic heterocycles. The molecule has 0 saturated carbocycles. The number of benzene rings is 1. The molecule has 0 bridgehead atoms. The van der Waals surface area contributed by atoms with Gasteiger partial charge in [0.15, 0.2) is 23.2 Å². The lowest BCUT2D eigenvalue weighted by molar-refractivity contribution is -0.179. The molecule has 4 atom stereocenters. The van der Waals surface area contributed by atoms with E-state index < -0.39 is 41.2 Å². The van der Waals surface area contributed by atoms with Gasteiger partial charge in [0.1, 0.15) is 5.76 Å². The van der Waals surface area contributed by atoms with Crippen LogP contribution >= 0.6 is 0 Å². The van der Waals surface area contributed by atoms with Crippen molar-refractivity contribution in [1.82, 2.24) is 4.90 Å². The molecule has 10 nitrogen and oxygen atoms in total. The maximum Gasteiger partial charge on any atom is 0.339 e. The Balaban J connectivity index is 1.55. The summed E-state index contributed by atoms with van der Waals surface area (Å²) in [6.07, 6.45) is 4.19. The molecule has 10 heteroatoms. The van der Waals surface area contributed by atoms with Gasteiger partial charge in [0, 0.05) is 0 Å². The third-order valence-electron chi connectivity index (χ3n) is 8.62. The topological polar surface area (TPSA) is 124 Å². The normalized spacial score (nSPS) is 27.3. The van der Waals surface area contributed by atoms with Crippen LogP contribution in [0.5, 0.6) is 11.5 Å². The fourth-order valence-electron chi connectivity index (χ4n) is 6.61. The van der Waals surface area contributed by atoms with Gasteiger partial charge >= 0.3 is 11.9 Å². The molecule has 39 heavy (non-hydrogen) atoms. The van der Waals surface area contributed by atoms with Gasteiger partial charge in [-0.15, -0.1) is 0 Å². The smallest absolute Gasteiger partial charge is 0.339 e. The Morgan fingerprint density at radius 2 is 1.82 bits per heavy atom. The lowest BCUT2D eigenvalue weighted by Crippen LogP contribution is -2.51. The molecule has 214 valence electrons. The molecule has 4 aliphatic rings. The van der Waals surface area contributed by atoms with E-state index in [9.17, 15) is 19.8 Å². The Morgan fingerprint density at radius 3 is 2.51 bits per heavy atom. The van der Waals surface area contributed by atoms with Crippen molar-refractivity contribution in [3.8, 4) is 11.5 Å². The summed E-state index contributed by atoms with van der Waals surface area (Å²) in [6, 6.07) is 4.02. The van der Waals surface area contributed by atoms with Crippen LogP contribution in [-0.4, -0.2) is 84.0 Å². The number of fused-ring (bicyclic) bond motifs is 3. The van der Waals surface area contributed by atoms with E-state index >= 15 is 0 Å². The van der Waals surface area contributed by atoms with Gasteiger partial charge in [0.05, 0.1) is 37.7 Å². The summed E-state index contributed by atoms with van der Waals surface area (Å²) in [5.74, 6) is -0.152. The number of aliphatic hydroxyl groups is 2. The SMILES string of the molecule is COC(=O)C[C@@](O)(CCC(C)(C)O)C(=O)O[C@H]1C(OC)=C[C@@]23CCCN2CCCc2cc4c(cc2[C@@H]13)OCO4. The summed E-state index contributed by atoms with van der Waals surface area (Å²) in [5.41, 5.74) is -1.68. The standard InChI is InChI=1S/C29H39NO9/c1-27(2,33)9-10-29(34,16-23(31)36-4)26(32)39-25-22(35-3)15-28-8-6-12-30(28)11-5-7-18-13-20-21(38-17-37-20)14-19(18)24(25)28/h13-15,24-25,33-34H,5-12,16-17H2,1-4H3/t24-,25-,28+,29-/m0/s1. The summed E-state index contributed by atoms with van der Waals surface area (Å²) >= 11 is 0. The Bertz CT molecular complexity index is 1160. The first kappa shape index (κ1) is 27.7. The summed E-state index contributed by atoms with van der Waals surface area (Å²) in [6.45, 7) is 5.11. The van der Waals surface area contributed by atoms with Gasteiger partial charge in [-0.25, -0.2) is 4.79 Å². The van der Waals surface area contributed by atoms with Crippen molar-refractivity contribution in [2.45, 2.75) is 87.6 Å². The molecule has 1 aromatic carbocycles. The molecule has 2 N–H and O–H groups in total. The largest absolute Gasteiger partial charge is 0.497 e. The number of hydrogen-bond acceptors (Lipinski definition) is 10. The van der Waals surface area contributed by atoms with E-state index in [2.05, 4.69) is 11.0 Å². The van der Waals surface area contributed by atoms with Gasteiger partial charge in [0.25, 0.3) is 0 Å². The maximum atomic E-state index is 13.8. The maximum absolute atomic E-state index is 13.8. The predicted octanol–water partition coefficient (Wildman–Crippen LogP) is 2.58. The monoisotopic (exact) mass is 545 g/mol. The van der Waals surface area contributed by atoms with Crippen molar-refractivity contribution in [3.05, 3.63) is 35.1 Å². The highest BCUT2D eigenvalue weighted by molar-refractivity contribution is 5.86. The lowest BCUT2D eigenvalue weighted by atomic mass is 9.75. The van der Waals surface area contributed by atoms with Gasteiger partial charge in [-0.1, -0.05) is 0 Å². The van der Waals surface area contributed by atoms with Crippen LogP contribution in [0.4, 0.5) is 0 Å². The molecular formula is C29H39NO9. The Kier molecular flexibility index (Phi) is 7.32. The Morgan fingerprint density at radius 1 is 1.10 bits per heavy atom. The van der Waals surface area contributed by atoms with Gasteiger partial charge in [0.2, 0.25) is 6.79 Å². The van der Waals surface area contributed by atoms with Gasteiger partial charge in [-0.2, -0.15) is 0 Å². The van der Waals surface area contributed by atoms with Crippen molar-refractivity contribution < 1.29 is 43.5 Å². The number of ether oxygens (including phenoxy) is 5. The minimum absolute atomic E-state index is 0.0701. The molecule has 5 rings (SSSR count). The molecule has 0 radical (unpaired) electrons. The first-order valence-corrected chi connectivity index (χ1v) is 13.7. The molecule has 3 heterocycles. The van der Waals surface area contributed by atoms with Gasteiger partial charge in [-0.05, 0) is 94.8 Å². The number of esters is 2. The van der Waals surface area contributed by atoms with Crippen molar-refractivity contribution >= 4 is 11.9 Å². The van der Waals surface area contributed by atoms with Crippen LogP contribution in [0.3, 0.4) is 0 Å². The predicted molar refractivity (Wildman–Crippen MR) is 139 cm³/mol. The van der Waals surface area contributed by atoms with E-state index in [0.717, 1.165) is 49.9 Å². The zero-order valence-electron chi connectivity index (χ0n) is 23.2. The highest BCUT2D eigenvalue weighted by Gasteiger charge is 2.58. The van der Waals surface area contributed by atoms with Crippen molar-refractivity contribution in [3.63, 3.8) is 0 Å². The molecular weight excluding hydrogens is 506 g/mol. The Hall–Kier alpha value is -2.82. The zero-order valence-corrected chi connectivity index (χ0v) is 23.2. The minimum Gasteiger partial charge on any atom is -0.497 e. The van der Waals surface area contributed by atoms with E-state index in [4.69, 9.17) is 23.7 Å². The second-order valence-corrected chi connectivity index (χ2v) is 11.7. The van der Waals surface area contributed by atoms with Crippen LogP contribution in [0.15, 0.2) is 24.0 Å². The minimum atomic E-state index is -2.18. The molecule has 3 aliphatic heterocycles. The summed E-state index contributed by atoms with van der Waals surface area (Å²) < 4.78 is 28.1. The van der Waals surface area contributed by atoms with Gasteiger partial charge in [-0.3, -0.25) is 9.69 Å².